The molecule has 2 unspecified atom stereocenters. The number of rotatable bonds is 5. The Morgan fingerprint density at radius 2 is 2.10 bits per heavy atom. The van der Waals surface area contributed by atoms with E-state index in [1.54, 1.807) is 10.9 Å². The number of carbonyl (C=O) groups is 2. The Balaban J connectivity index is 1.91. The van der Waals surface area contributed by atoms with Gasteiger partial charge in [-0.15, -0.1) is 0 Å². The maximum atomic E-state index is 12.2. The minimum absolute atomic E-state index is 0.152. The van der Waals surface area contributed by atoms with Crippen LogP contribution in [0.3, 0.4) is 0 Å². The van der Waals surface area contributed by atoms with Gasteiger partial charge in [0.1, 0.15) is 0 Å². The lowest BCUT2D eigenvalue weighted by atomic mass is 9.78. The summed E-state index contributed by atoms with van der Waals surface area (Å²) in [6.07, 6.45) is 6.69. The highest BCUT2D eigenvalue weighted by Gasteiger charge is 2.35. The van der Waals surface area contributed by atoms with E-state index in [9.17, 15) is 14.7 Å². The molecule has 0 radical (unpaired) electrons. The topological polar surface area (TPSA) is 84.2 Å². The summed E-state index contributed by atoms with van der Waals surface area (Å²) >= 11 is 0. The maximum absolute atomic E-state index is 12.2. The SMILES string of the molecule is CCn1cc(CNC(=O)C2CCCCC2C(=O)O)cn1. The Kier molecular flexibility index (Phi) is 4.76. The zero-order valence-corrected chi connectivity index (χ0v) is 11.7. The van der Waals surface area contributed by atoms with Gasteiger partial charge >= 0.3 is 5.97 Å². The third kappa shape index (κ3) is 3.37. The zero-order valence-electron chi connectivity index (χ0n) is 11.7. The van der Waals surface area contributed by atoms with Crippen molar-refractivity contribution in [2.45, 2.75) is 45.7 Å². The number of nitrogens with zero attached hydrogens (tertiary/aromatic N) is 2. The molecule has 0 bridgehead atoms. The number of aromatic nitrogens is 2. The third-order valence-electron chi connectivity index (χ3n) is 3.90. The standard InChI is InChI=1S/C14H21N3O3/c1-2-17-9-10(8-16-17)7-15-13(18)11-5-3-4-6-12(11)14(19)20/h8-9,11-12H,2-7H2,1H3,(H,15,18)(H,19,20). The molecule has 0 aliphatic heterocycles. The molecule has 1 amide bonds. The van der Waals surface area contributed by atoms with Gasteiger partial charge in [-0.25, -0.2) is 0 Å². The fourth-order valence-electron chi connectivity index (χ4n) is 2.73. The molecule has 0 spiro atoms. The van der Waals surface area contributed by atoms with Crippen LogP contribution < -0.4 is 5.32 Å². The summed E-state index contributed by atoms with van der Waals surface area (Å²) in [7, 11) is 0. The molecule has 2 N–H and O–H groups in total. The predicted octanol–water partition coefficient (Wildman–Crippen LogP) is 1.41. The number of aryl methyl sites for hydroxylation is 1. The molecule has 1 fully saturated rings. The summed E-state index contributed by atoms with van der Waals surface area (Å²) in [5.41, 5.74) is 0.933. The fourth-order valence-corrected chi connectivity index (χ4v) is 2.73. The Labute approximate surface area is 118 Å². The average Bonchev–Trinajstić information content (AvgIpc) is 2.92. The molecule has 6 heteroatoms. The lowest BCUT2D eigenvalue weighted by Gasteiger charge is -2.27. The second-order valence-corrected chi connectivity index (χ2v) is 5.26. The van der Waals surface area contributed by atoms with Gasteiger partial charge in [0.15, 0.2) is 0 Å². The third-order valence-corrected chi connectivity index (χ3v) is 3.90. The van der Waals surface area contributed by atoms with E-state index >= 15 is 0 Å². The fraction of sp³-hybridized carbons (Fsp3) is 0.643. The maximum Gasteiger partial charge on any atom is 0.307 e. The molecule has 1 aromatic heterocycles. The quantitative estimate of drug-likeness (QED) is 0.853. The summed E-state index contributed by atoms with van der Waals surface area (Å²) in [6, 6.07) is 0. The van der Waals surface area contributed by atoms with Crippen molar-refractivity contribution in [2.75, 3.05) is 0 Å². The first-order valence-electron chi connectivity index (χ1n) is 7.13. The van der Waals surface area contributed by atoms with Crippen LogP contribution in [0.25, 0.3) is 0 Å². The molecule has 2 atom stereocenters. The number of amides is 1. The number of nitrogens with one attached hydrogen (secondary N) is 1. The minimum atomic E-state index is -0.858. The molecular formula is C14H21N3O3. The van der Waals surface area contributed by atoms with Gasteiger partial charge in [-0.3, -0.25) is 14.3 Å². The average molecular weight is 279 g/mol. The first-order valence-corrected chi connectivity index (χ1v) is 7.13. The van der Waals surface area contributed by atoms with Crippen LogP contribution in [0.15, 0.2) is 12.4 Å². The molecule has 1 aliphatic rings. The van der Waals surface area contributed by atoms with Crippen molar-refractivity contribution in [2.24, 2.45) is 11.8 Å². The second-order valence-electron chi connectivity index (χ2n) is 5.26. The van der Waals surface area contributed by atoms with Crippen LogP contribution in [-0.4, -0.2) is 26.8 Å². The molecular weight excluding hydrogens is 258 g/mol. The second kappa shape index (κ2) is 6.54. The smallest absolute Gasteiger partial charge is 0.307 e. The summed E-state index contributed by atoms with van der Waals surface area (Å²) in [5.74, 6) is -1.95. The first kappa shape index (κ1) is 14.6. The van der Waals surface area contributed by atoms with Crippen LogP contribution in [0.4, 0.5) is 0 Å². The van der Waals surface area contributed by atoms with E-state index in [1.165, 1.54) is 0 Å². The van der Waals surface area contributed by atoms with Gasteiger partial charge in [-0.1, -0.05) is 12.8 Å². The Bertz CT molecular complexity index is 484. The lowest BCUT2D eigenvalue weighted by Crippen LogP contribution is -2.39. The first-order chi connectivity index (χ1) is 9.61. The normalized spacial score (nSPS) is 22.4. The van der Waals surface area contributed by atoms with Crippen LogP contribution in [0.1, 0.15) is 38.2 Å². The number of hydrogen-bond acceptors (Lipinski definition) is 3. The van der Waals surface area contributed by atoms with Crippen LogP contribution in [0.2, 0.25) is 0 Å². The molecule has 6 nitrogen and oxygen atoms in total. The van der Waals surface area contributed by atoms with Crippen molar-refractivity contribution in [3.8, 4) is 0 Å². The van der Waals surface area contributed by atoms with E-state index in [-0.39, 0.29) is 5.91 Å². The summed E-state index contributed by atoms with van der Waals surface area (Å²) in [4.78, 5) is 23.4. The lowest BCUT2D eigenvalue weighted by molar-refractivity contribution is -0.148. The number of carboxylic acids is 1. The van der Waals surface area contributed by atoms with Gasteiger partial charge in [0.2, 0.25) is 5.91 Å². The predicted molar refractivity (Wildman–Crippen MR) is 72.8 cm³/mol. The van der Waals surface area contributed by atoms with Crippen LogP contribution in [0.5, 0.6) is 0 Å². The van der Waals surface area contributed by atoms with E-state index in [4.69, 9.17) is 0 Å². The monoisotopic (exact) mass is 279 g/mol. The van der Waals surface area contributed by atoms with Crippen LogP contribution in [-0.2, 0) is 22.7 Å². The van der Waals surface area contributed by atoms with Crippen molar-refractivity contribution >= 4 is 11.9 Å². The van der Waals surface area contributed by atoms with Crippen LogP contribution >= 0.6 is 0 Å². The van der Waals surface area contributed by atoms with E-state index in [0.29, 0.717) is 19.4 Å². The summed E-state index contributed by atoms with van der Waals surface area (Å²) in [5, 5.41) is 16.2. The summed E-state index contributed by atoms with van der Waals surface area (Å²) in [6.45, 7) is 3.19. The zero-order chi connectivity index (χ0) is 14.5. The molecule has 110 valence electrons. The van der Waals surface area contributed by atoms with Gasteiger partial charge in [-0.05, 0) is 19.8 Å². The molecule has 0 saturated heterocycles. The number of aliphatic carboxylic acids is 1. The highest BCUT2D eigenvalue weighted by Crippen LogP contribution is 2.30. The Morgan fingerprint density at radius 3 is 2.70 bits per heavy atom. The molecule has 20 heavy (non-hydrogen) atoms. The molecule has 2 rings (SSSR count). The molecule has 1 saturated carbocycles. The van der Waals surface area contributed by atoms with E-state index in [2.05, 4.69) is 10.4 Å². The molecule has 1 aliphatic carbocycles. The highest BCUT2D eigenvalue weighted by atomic mass is 16.4. The van der Waals surface area contributed by atoms with Gasteiger partial charge in [-0.2, -0.15) is 5.10 Å². The Morgan fingerprint density at radius 1 is 1.40 bits per heavy atom. The van der Waals surface area contributed by atoms with E-state index < -0.39 is 17.8 Å². The largest absolute Gasteiger partial charge is 0.481 e. The van der Waals surface area contributed by atoms with E-state index in [1.807, 2.05) is 13.1 Å². The number of carboxylic acid groups (broad SMARTS) is 1. The van der Waals surface area contributed by atoms with Crippen molar-refractivity contribution in [3.63, 3.8) is 0 Å². The van der Waals surface area contributed by atoms with Gasteiger partial charge < -0.3 is 10.4 Å². The van der Waals surface area contributed by atoms with Gasteiger partial charge in [0.25, 0.3) is 0 Å². The minimum Gasteiger partial charge on any atom is -0.481 e. The number of hydrogen-bond donors (Lipinski definition) is 2. The van der Waals surface area contributed by atoms with Crippen LogP contribution in [0, 0.1) is 11.8 Å². The van der Waals surface area contributed by atoms with Crippen molar-refractivity contribution in [1.29, 1.82) is 0 Å². The number of carbonyl (C=O) groups excluding carboxylic acids is 1. The van der Waals surface area contributed by atoms with E-state index in [0.717, 1.165) is 24.9 Å². The van der Waals surface area contributed by atoms with Crippen molar-refractivity contribution < 1.29 is 14.7 Å². The van der Waals surface area contributed by atoms with Crippen molar-refractivity contribution in [3.05, 3.63) is 18.0 Å². The molecule has 1 aromatic rings. The molecule has 0 aromatic carbocycles. The van der Waals surface area contributed by atoms with Gasteiger partial charge in [0, 0.05) is 24.8 Å². The highest BCUT2D eigenvalue weighted by molar-refractivity contribution is 5.84. The molecule has 1 heterocycles. The Hall–Kier alpha value is -1.85. The van der Waals surface area contributed by atoms with Crippen molar-refractivity contribution in [1.82, 2.24) is 15.1 Å². The summed E-state index contributed by atoms with van der Waals surface area (Å²) < 4.78 is 1.79. The van der Waals surface area contributed by atoms with Gasteiger partial charge in [0.05, 0.1) is 18.0 Å².